The van der Waals surface area contributed by atoms with Gasteiger partial charge in [-0.3, -0.25) is 4.79 Å². The van der Waals surface area contributed by atoms with Crippen molar-refractivity contribution in [2.45, 2.75) is 6.92 Å². The molecule has 1 aromatic heterocycles. The summed E-state index contributed by atoms with van der Waals surface area (Å²) in [5.74, 6) is -0.00111. The number of halogens is 1. The van der Waals surface area contributed by atoms with Crippen LogP contribution in [0.3, 0.4) is 0 Å². The number of anilines is 2. The summed E-state index contributed by atoms with van der Waals surface area (Å²) >= 11 is 4.80. The molecule has 0 saturated heterocycles. The molecule has 0 fully saturated rings. The first kappa shape index (κ1) is 13.1. The van der Waals surface area contributed by atoms with E-state index in [0.717, 1.165) is 9.47 Å². The number of carbonyl (C=O) groups is 1. The van der Waals surface area contributed by atoms with Crippen molar-refractivity contribution in [2.24, 2.45) is 0 Å². The van der Waals surface area contributed by atoms with Crippen LogP contribution in [0.1, 0.15) is 16.6 Å². The lowest BCUT2D eigenvalue weighted by Gasteiger charge is -2.20. The number of hydrogen-bond donors (Lipinski definition) is 1. The van der Waals surface area contributed by atoms with E-state index in [9.17, 15) is 4.79 Å². The minimum absolute atomic E-state index is 0.00111. The minimum atomic E-state index is -0.00111. The van der Waals surface area contributed by atoms with Crippen molar-refractivity contribution in [1.29, 1.82) is 0 Å². The van der Waals surface area contributed by atoms with Crippen molar-refractivity contribution < 1.29 is 4.79 Å². The molecule has 1 heterocycles. The number of nitrogens with two attached hydrogens (primary N) is 1. The van der Waals surface area contributed by atoms with Gasteiger partial charge in [0.2, 0.25) is 0 Å². The Hall–Kier alpha value is -1.33. The average molecular weight is 325 g/mol. The Morgan fingerprint density at radius 2 is 2.17 bits per heavy atom. The largest absolute Gasteiger partial charge is 0.399 e. The molecule has 0 atom stereocenters. The van der Waals surface area contributed by atoms with E-state index in [1.165, 1.54) is 11.3 Å². The summed E-state index contributed by atoms with van der Waals surface area (Å²) in [6.07, 6.45) is 0. The zero-order chi connectivity index (χ0) is 13.1. The van der Waals surface area contributed by atoms with Crippen molar-refractivity contribution in [3.63, 3.8) is 0 Å². The van der Waals surface area contributed by atoms with E-state index in [1.54, 1.807) is 4.90 Å². The molecular formula is C13H13BrN2OS. The second-order valence-electron chi connectivity index (χ2n) is 3.75. The highest BCUT2D eigenvalue weighted by Gasteiger charge is 2.17. The molecule has 1 amide bonds. The highest BCUT2D eigenvalue weighted by atomic mass is 79.9. The van der Waals surface area contributed by atoms with Crippen molar-refractivity contribution in [1.82, 2.24) is 0 Å². The second kappa shape index (κ2) is 5.54. The third kappa shape index (κ3) is 2.73. The maximum Gasteiger partial charge on any atom is 0.268 e. The maximum atomic E-state index is 12.4. The molecule has 3 nitrogen and oxygen atoms in total. The molecule has 0 aliphatic heterocycles. The highest BCUT2D eigenvalue weighted by molar-refractivity contribution is 9.11. The van der Waals surface area contributed by atoms with Gasteiger partial charge in [-0.2, -0.15) is 0 Å². The molecule has 2 rings (SSSR count). The van der Waals surface area contributed by atoms with Crippen LogP contribution >= 0.6 is 27.3 Å². The van der Waals surface area contributed by atoms with Crippen LogP contribution in [0.4, 0.5) is 11.4 Å². The number of nitrogen functional groups attached to an aromatic ring is 1. The van der Waals surface area contributed by atoms with E-state index in [2.05, 4.69) is 15.9 Å². The van der Waals surface area contributed by atoms with Crippen LogP contribution in [0.25, 0.3) is 0 Å². The summed E-state index contributed by atoms with van der Waals surface area (Å²) in [6, 6.07) is 11.1. The minimum Gasteiger partial charge on any atom is -0.399 e. The first-order valence-electron chi connectivity index (χ1n) is 5.54. The van der Waals surface area contributed by atoms with Crippen LogP contribution in [0, 0.1) is 0 Å². The lowest BCUT2D eigenvalue weighted by Crippen LogP contribution is -2.29. The molecule has 0 saturated carbocycles. The predicted molar refractivity (Wildman–Crippen MR) is 80.2 cm³/mol. The Kier molecular flexibility index (Phi) is 4.04. The normalized spacial score (nSPS) is 10.3. The fourth-order valence-corrected chi connectivity index (χ4v) is 3.03. The first-order chi connectivity index (χ1) is 8.61. The maximum absolute atomic E-state index is 12.4. The summed E-state index contributed by atoms with van der Waals surface area (Å²) in [7, 11) is 0. The van der Waals surface area contributed by atoms with Crippen LogP contribution in [0.15, 0.2) is 40.2 Å². The van der Waals surface area contributed by atoms with Crippen LogP contribution < -0.4 is 10.6 Å². The lowest BCUT2D eigenvalue weighted by atomic mass is 10.2. The van der Waals surface area contributed by atoms with E-state index < -0.39 is 0 Å². The van der Waals surface area contributed by atoms with Gasteiger partial charge in [0.25, 0.3) is 5.91 Å². The van der Waals surface area contributed by atoms with Gasteiger partial charge in [0.05, 0.1) is 8.66 Å². The molecule has 18 heavy (non-hydrogen) atoms. The average Bonchev–Trinajstić information content (AvgIpc) is 2.77. The molecule has 0 aliphatic rings. The molecule has 0 spiro atoms. The number of amides is 1. The zero-order valence-electron chi connectivity index (χ0n) is 9.89. The number of carbonyl (C=O) groups excluding carboxylic acids is 1. The standard InChI is InChI=1S/C13H13BrN2OS/c1-2-16(10-5-3-4-9(15)8-10)13(17)11-6-7-12(14)18-11/h3-8H,2,15H2,1H3. The van der Waals surface area contributed by atoms with Gasteiger partial charge in [-0.1, -0.05) is 6.07 Å². The van der Waals surface area contributed by atoms with Gasteiger partial charge in [-0.05, 0) is 53.2 Å². The predicted octanol–water partition coefficient (Wildman–Crippen LogP) is 3.76. The molecule has 2 aromatic rings. The Balaban J connectivity index is 2.31. The molecule has 1 aromatic carbocycles. The number of benzene rings is 1. The molecule has 94 valence electrons. The number of nitrogens with zero attached hydrogens (tertiary/aromatic N) is 1. The first-order valence-corrected chi connectivity index (χ1v) is 7.15. The monoisotopic (exact) mass is 324 g/mol. The summed E-state index contributed by atoms with van der Waals surface area (Å²) in [5.41, 5.74) is 7.24. The third-order valence-electron chi connectivity index (χ3n) is 2.53. The summed E-state index contributed by atoms with van der Waals surface area (Å²) in [4.78, 5) is 14.8. The summed E-state index contributed by atoms with van der Waals surface area (Å²) in [6.45, 7) is 2.56. The molecule has 0 unspecified atom stereocenters. The van der Waals surface area contributed by atoms with Gasteiger partial charge in [-0.15, -0.1) is 11.3 Å². The molecule has 0 aliphatic carbocycles. The Labute approximate surface area is 118 Å². The second-order valence-corrected chi connectivity index (χ2v) is 6.21. The van der Waals surface area contributed by atoms with E-state index in [0.29, 0.717) is 17.1 Å². The highest BCUT2D eigenvalue weighted by Crippen LogP contribution is 2.26. The van der Waals surface area contributed by atoms with Crippen molar-refractivity contribution in [3.8, 4) is 0 Å². The molecule has 2 N–H and O–H groups in total. The van der Waals surface area contributed by atoms with Crippen molar-refractivity contribution >= 4 is 44.5 Å². The third-order valence-corrected chi connectivity index (χ3v) is 4.14. The van der Waals surface area contributed by atoms with Crippen molar-refractivity contribution in [2.75, 3.05) is 17.2 Å². The van der Waals surface area contributed by atoms with Crippen LogP contribution in [0.5, 0.6) is 0 Å². The quantitative estimate of drug-likeness (QED) is 0.874. The fourth-order valence-electron chi connectivity index (χ4n) is 1.70. The van der Waals surface area contributed by atoms with Crippen molar-refractivity contribution in [3.05, 3.63) is 45.1 Å². The molecular weight excluding hydrogens is 312 g/mol. The number of rotatable bonds is 3. The lowest BCUT2D eigenvalue weighted by molar-refractivity contribution is 0.0992. The smallest absolute Gasteiger partial charge is 0.268 e. The van der Waals surface area contributed by atoms with E-state index in [4.69, 9.17) is 5.73 Å². The summed E-state index contributed by atoms with van der Waals surface area (Å²) in [5, 5.41) is 0. The van der Waals surface area contributed by atoms with Gasteiger partial charge in [0.15, 0.2) is 0 Å². The number of hydrogen-bond acceptors (Lipinski definition) is 3. The fraction of sp³-hybridized carbons (Fsp3) is 0.154. The molecule has 0 bridgehead atoms. The van der Waals surface area contributed by atoms with Crippen LogP contribution in [-0.4, -0.2) is 12.5 Å². The van der Waals surface area contributed by atoms with E-state index in [-0.39, 0.29) is 5.91 Å². The summed E-state index contributed by atoms with van der Waals surface area (Å²) < 4.78 is 0.953. The van der Waals surface area contributed by atoms with Gasteiger partial charge < -0.3 is 10.6 Å². The van der Waals surface area contributed by atoms with Gasteiger partial charge in [0, 0.05) is 17.9 Å². The topological polar surface area (TPSA) is 46.3 Å². The molecule has 0 radical (unpaired) electrons. The van der Waals surface area contributed by atoms with Gasteiger partial charge in [-0.25, -0.2) is 0 Å². The Bertz CT molecular complexity index is 568. The Morgan fingerprint density at radius 1 is 1.39 bits per heavy atom. The van der Waals surface area contributed by atoms with Crippen LogP contribution in [0.2, 0.25) is 0 Å². The van der Waals surface area contributed by atoms with Gasteiger partial charge >= 0.3 is 0 Å². The Morgan fingerprint density at radius 3 is 2.72 bits per heavy atom. The zero-order valence-corrected chi connectivity index (χ0v) is 12.3. The SMILES string of the molecule is CCN(C(=O)c1ccc(Br)s1)c1cccc(N)c1. The molecule has 5 heteroatoms. The van der Waals surface area contributed by atoms with E-state index in [1.807, 2.05) is 43.3 Å². The van der Waals surface area contributed by atoms with Crippen LogP contribution in [-0.2, 0) is 0 Å². The van der Waals surface area contributed by atoms with Gasteiger partial charge in [0.1, 0.15) is 0 Å². The van der Waals surface area contributed by atoms with E-state index >= 15 is 0 Å². The number of thiophene rings is 1.